The summed E-state index contributed by atoms with van der Waals surface area (Å²) in [6.07, 6.45) is 15.3. The van der Waals surface area contributed by atoms with E-state index in [2.05, 4.69) is 16.4 Å². The molecule has 4 nitrogen and oxygen atoms in total. The molecule has 0 unspecified atom stereocenters. The number of imidazole rings is 1. The molecule has 2 aromatic rings. The number of hydrogen-bond acceptors (Lipinski definition) is 2. The molecule has 0 aliphatic heterocycles. The van der Waals surface area contributed by atoms with Crippen molar-refractivity contribution in [3.8, 4) is 0 Å². The Morgan fingerprint density at radius 3 is 3.18 bits per heavy atom. The van der Waals surface area contributed by atoms with E-state index >= 15 is 0 Å². The lowest BCUT2D eigenvalue weighted by Crippen LogP contribution is -2.22. The molecule has 0 fully saturated rings. The lowest BCUT2D eigenvalue weighted by atomic mass is 9.97. The Balaban J connectivity index is 1.52. The van der Waals surface area contributed by atoms with Crippen LogP contribution in [-0.2, 0) is 4.79 Å². The van der Waals surface area contributed by atoms with Crippen LogP contribution in [0.25, 0.3) is 11.7 Å². The quantitative estimate of drug-likeness (QED) is 0.679. The third-order valence-electron chi connectivity index (χ3n) is 3.98. The van der Waals surface area contributed by atoms with Crippen LogP contribution in [0, 0.1) is 0 Å². The molecule has 114 valence electrons. The van der Waals surface area contributed by atoms with Crippen LogP contribution in [0.2, 0.25) is 0 Å². The number of amides is 1. The first-order valence-electron chi connectivity index (χ1n) is 7.89. The molecule has 4 heteroatoms. The molecule has 3 rings (SSSR count). The number of rotatable bonds is 5. The maximum atomic E-state index is 11.9. The first kappa shape index (κ1) is 14.6. The number of fused-ring (bicyclic) bond motifs is 1. The Hall–Kier alpha value is -2.36. The summed E-state index contributed by atoms with van der Waals surface area (Å²) in [6, 6.07) is 5.84. The summed E-state index contributed by atoms with van der Waals surface area (Å²) in [7, 11) is 0. The van der Waals surface area contributed by atoms with Gasteiger partial charge in [-0.1, -0.05) is 17.7 Å². The van der Waals surface area contributed by atoms with Gasteiger partial charge < -0.3 is 9.72 Å². The number of carbonyl (C=O) groups is 1. The fraction of sp³-hybridized carbons (Fsp3) is 0.333. The van der Waals surface area contributed by atoms with Crippen molar-refractivity contribution in [1.82, 2.24) is 14.7 Å². The minimum Gasteiger partial charge on any atom is -0.352 e. The van der Waals surface area contributed by atoms with Gasteiger partial charge >= 0.3 is 0 Å². The Morgan fingerprint density at radius 1 is 1.36 bits per heavy atom. The third kappa shape index (κ3) is 3.64. The Labute approximate surface area is 130 Å². The normalized spacial score (nSPS) is 15.2. The summed E-state index contributed by atoms with van der Waals surface area (Å²) < 4.78 is 1.95. The van der Waals surface area contributed by atoms with E-state index in [0.29, 0.717) is 6.54 Å². The molecule has 0 bridgehead atoms. The molecular weight excluding hydrogens is 274 g/mol. The van der Waals surface area contributed by atoms with Gasteiger partial charge in [0.2, 0.25) is 5.91 Å². The van der Waals surface area contributed by atoms with Gasteiger partial charge in [0.05, 0.1) is 11.9 Å². The first-order valence-corrected chi connectivity index (χ1v) is 7.89. The van der Waals surface area contributed by atoms with E-state index in [4.69, 9.17) is 0 Å². The molecule has 1 aliphatic carbocycles. The van der Waals surface area contributed by atoms with Crippen molar-refractivity contribution >= 4 is 17.6 Å². The van der Waals surface area contributed by atoms with E-state index in [9.17, 15) is 4.79 Å². The van der Waals surface area contributed by atoms with E-state index in [1.165, 1.54) is 31.3 Å². The molecule has 0 saturated carbocycles. The number of hydrogen-bond donors (Lipinski definition) is 1. The van der Waals surface area contributed by atoms with Gasteiger partial charge in [-0.15, -0.1) is 0 Å². The zero-order valence-electron chi connectivity index (χ0n) is 12.7. The molecule has 0 atom stereocenters. The summed E-state index contributed by atoms with van der Waals surface area (Å²) >= 11 is 0. The Bertz CT molecular complexity index is 712. The van der Waals surface area contributed by atoms with E-state index in [-0.39, 0.29) is 5.91 Å². The summed E-state index contributed by atoms with van der Waals surface area (Å²) in [6.45, 7) is 0.710. The SMILES string of the molecule is O=C(/C=C/c1cnc2ccccn12)NCCC1=CCCCC1. The van der Waals surface area contributed by atoms with Gasteiger partial charge in [-0.2, -0.15) is 0 Å². The third-order valence-corrected chi connectivity index (χ3v) is 3.98. The molecule has 1 amide bonds. The molecule has 0 aromatic carbocycles. The van der Waals surface area contributed by atoms with E-state index in [1.807, 2.05) is 28.8 Å². The second-order valence-corrected chi connectivity index (χ2v) is 5.59. The minimum absolute atomic E-state index is 0.0534. The molecule has 0 saturated heterocycles. The van der Waals surface area contributed by atoms with Crippen LogP contribution < -0.4 is 5.32 Å². The van der Waals surface area contributed by atoms with Gasteiger partial charge in [0, 0.05) is 18.8 Å². The van der Waals surface area contributed by atoms with E-state index in [0.717, 1.165) is 17.8 Å². The zero-order chi connectivity index (χ0) is 15.2. The lowest BCUT2D eigenvalue weighted by Gasteiger charge is -2.12. The minimum atomic E-state index is -0.0534. The second-order valence-electron chi connectivity index (χ2n) is 5.59. The van der Waals surface area contributed by atoms with Crippen LogP contribution in [-0.4, -0.2) is 21.8 Å². The van der Waals surface area contributed by atoms with Gasteiger partial charge in [-0.05, 0) is 50.3 Å². The van der Waals surface area contributed by atoms with Gasteiger partial charge in [0.1, 0.15) is 5.65 Å². The Morgan fingerprint density at radius 2 is 2.32 bits per heavy atom. The fourth-order valence-electron chi connectivity index (χ4n) is 2.77. The van der Waals surface area contributed by atoms with E-state index < -0.39 is 0 Å². The van der Waals surface area contributed by atoms with Crippen LogP contribution in [0.1, 0.15) is 37.8 Å². The van der Waals surface area contributed by atoms with Gasteiger partial charge in [0.15, 0.2) is 0 Å². The second kappa shape index (κ2) is 7.07. The molecule has 1 N–H and O–H groups in total. The predicted molar refractivity (Wildman–Crippen MR) is 88.4 cm³/mol. The lowest BCUT2D eigenvalue weighted by molar-refractivity contribution is -0.116. The highest BCUT2D eigenvalue weighted by molar-refractivity contribution is 5.91. The van der Waals surface area contributed by atoms with Crippen LogP contribution in [0.5, 0.6) is 0 Å². The van der Waals surface area contributed by atoms with Crippen LogP contribution in [0.15, 0.2) is 48.3 Å². The number of carbonyl (C=O) groups excluding carboxylic acids is 1. The molecule has 2 aromatic heterocycles. The van der Waals surface area contributed by atoms with Crippen molar-refractivity contribution in [2.75, 3.05) is 6.54 Å². The predicted octanol–water partition coefficient (Wildman–Crippen LogP) is 3.35. The summed E-state index contributed by atoms with van der Waals surface area (Å²) in [5.41, 5.74) is 3.27. The molecular formula is C18H21N3O. The highest BCUT2D eigenvalue weighted by Gasteiger charge is 2.04. The first-order chi connectivity index (χ1) is 10.8. The average Bonchev–Trinajstić information content (AvgIpc) is 2.97. The summed E-state index contributed by atoms with van der Waals surface area (Å²) in [4.78, 5) is 16.2. The van der Waals surface area contributed by atoms with Crippen LogP contribution in [0.4, 0.5) is 0 Å². The van der Waals surface area contributed by atoms with Gasteiger partial charge in [-0.25, -0.2) is 4.98 Å². The summed E-state index contributed by atoms with van der Waals surface area (Å²) in [5.74, 6) is -0.0534. The standard InChI is InChI=1S/C18H21N3O/c22-18(19-12-11-15-6-2-1-3-7-15)10-9-16-14-20-17-8-4-5-13-21(16)17/h4-6,8-10,13-14H,1-3,7,11-12H2,(H,19,22)/b10-9+. The highest BCUT2D eigenvalue weighted by atomic mass is 16.1. The van der Waals surface area contributed by atoms with E-state index in [1.54, 1.807) is 18.3 Å². The topological polar surface area (TPSA) is 46.4 Å². The van der Waals surface area contributed by atoms with Gasteiger partial charge in [0.25, 0.3) is 0 Å². The van der Waals surface area contributed by atoms with Gasteiger partial charge in [-0.3, -0.25) is 4.79 Å². The zero-order valence-corrected chi connectivity index (χ0v) is 12.7. The molecule has 22 heavy (non-hydrogen) atoms. The fourth-order valence-corrected chi connectivity index (χ4v) is 2.77. The smallest absolute Gasteiger partial charge is 0.244 e. The Kier molecular flexibility index (Phi) is 4.68. The average molecular weight is 295 g/mol. The monoisotopic (exact) mass is 295 g/mol. The van der Waals surface area contributed by atoms with Crippen molar-refractivity contribution in [2.24, 2.45) is 0 Å². The molecule has 1 aliphatic rings. The maximum absolute atomic E-state index is 11.9. The maximum Gasteiger partial charge on any atom is 0.244 e. The number of nitrogens with zero attached hydrogens (tertiary/aromatic N) is 2. The van der Waals surface area contributed by atoms with Crippen molar-refractivity contribution in [2.45, 2.75) is 32.1 Å². The molecule has 0 spiro atoms. The van der Waals surface area contributed by atoms with Crippen LogP contribution in [0.3, 0.4) is 0 Å². The number of pyridine rings is 1. The van der Waals surface area contributed by atoms with Crippen LogP contribution >= 0.6 is 0 Å². The number of aromatic nitrogens is 2. The largest absolute Gasteiger partial charge is 0.352 e. The number of allylic oxidation sites excluding steroid dienone is 1. The molecule has 2 heterocycles. The number of nitrogens with one attached hydrogen (secondary N) is 1. The van der Waals surface area contributed by atoms with Crippen molar-refractivity contribution < 1.29 is 4.79 Å². The van der Waals surface area contributed by atoms with Crippen molar-refractivity contribution in [3.05, 3.63) is 54.0 Å². The van der Waals surface area contributed by atoms with Crippen molar-refractivity contribution in [1.29, 1.82) is 0 Å². The summed E-state index contributed by atoms with van der Waals surface area (Å²) in [5, 5.41) is 2.94. The highest BCUT2D eigenvalue weighted by Crippen LogP contribution is 2.19. The van der Waals surface area contributed by atoms with Crippen molar-refractivity contribution in [3.63, 3.8) is 0 Å². The molecule has 0 radical (unpaired) electrons.